The summed E-state index contributed by atoms with van der Waals surface area (Å²) in [5.74, 6) is 0. The van der Waals surface area contributed by atoms with Crippen molar-refractivity contribution in [3.8, 4) is 0 Å². The molecule has 2 heterocycles. The molecular weight excluding hydrogens is 224 g/mol. The number of fused-ring (bicyclic) bond motifs is 1. The molecule has 18 heavy (non-hydrogen) atoms. The Hall–Kier alpha value is -1.55. The first-order valence-electron chi connectivity index (χ1n) is 6.57. The highest BCUT2D eigenvalue weighted by molar-refractivity contribution is 5.85. The van der Waals surface area contributed by atoms with Crippen molar-refractivity contribution < 1.29 is 0 Å². The van der Waals surface area contributed by atoms with Gasteiger partial charge in [0.05, 0.1) is 11.2 Å². The van der Waals surface area contributed by atoms with E-state index in [0.717, 1.165) is 25.3 Å². The third kappa shape index (κ3) is 1.86. The van der Waals surface area contributed by atoms with Gasteiger partial charge in [-0.2, -0.15) is 5.10 Å². The first kappa shape index (κ1) is 11.5. The van der Waals surface area contributed by atoms with Gasteiger partial charge in [0.25, 0.3) is 0 Å². The van der Waals surface area contributed by atoms with E-state index in [0.29, 0.717) is 6.04 Å². The molecule has 1 aromatic heterocycles. The first-order valence-corrected chi connectivity index (χ1v) is 6.57. The maximum absolute atomic E-state index is 4.48. The zero-order valence-corrected chi connectivity index (χ0v) is 11.3. The molecule has 1 fully saturated rings. The molecule has 0 amide bonds. The van der Waals surface area contributed by atoms with Crippen LogP contribution in [0.25, 0.3) is 10.9 Å². The summed E-state index contributed by atoms with van der Waals surface area (Å²) in [6, 6.07) is 7.22. The maximum atomic E-state index is 4.48. The summed E-state index contributed by atoms with van der Waals surface area (Å²) in [6.07, 6.45) is 0. The molecule has 2 aromatic rings. The van der Waals surface area contributed by atoms with Gasteiger partial charge in [-0.25, -0.2) is 0 Å². The van der Waals surface area contributed by atoms with Crippen molar-refractivity contribution in [1.82, 2.24) is 15.1 Å². The number of aromatic nitrogens is 2. The molecule has 4 nitrogen and oxygen atoms in total. The summed E-state index contributed by atoms with van der Waals surface area (Å²) in [7, 11) is 2.00. The molecule has 0 radical (unpaired) electrons. The lowest BCUT2D eigenvalue weighted by atomic mass is 10.1. The molecule has 96 valence electrons. The van der Waals surface area contributed by atoms with Crippen LogP contribution in [-0.2, 0) is 7.05 Å². The third-order valence-electron chi connectivity index (χ3n) is 3.75. The number of benzene rings is 1. The Bertz CT molecular complexity index is 572. The number of hydrogen-bond acceptors (Lipinski definition) is 3. The van der Waals surface area contributed by atoms with Crippen molar-refractivity contribution >= 4 is 16.6 Å². The Balaban J connectivity index is 2.00. The van der Waals surface area contributed by atoms with Crippen molar-refractivity contribution in [1.29, 1.82) is 0 Å². The van der Waals surface area contributed by atoms with E-state index >= 15 is 0 Å². The molecule has 1 N–H and O–H groups in total. The Morgan fingerprint density at radius 3 is 3.00 bits per heavy atom. The molecule has 3 rings (SSSR count). The molecule has 1 atom stereocenters. The van der Waals surface area contributed by atoms with E-state index in [-0.39, 0.29) is 0 Å². The fraction of sp³-hybridized carbons (Fsp3) is 0.500. The molecule has 0 saturated carbocycles. The molecule has 0 unspecified atom stereocenters. The summed E-state index contributed by atoms with van der Waals surface area (Å²) >= 11 is 0. The number of nitrogens with one attached hydrogen (secondary N) is 1. The van der Waals surface area contributed by atoms with E-state index in [1.807, 2.05) is 11.7 Å². The minimum Gasteiger partial charge on any atom is -0.369 e. The minimum absolute atomic E-state index is 0.560. The van der Waals surface area contributed by atoms with E-state index in [2.05, 4.69) is 47.4 Å². The molecule has 0 aliphatic carbocycles. The highest BCUT2D eigenvalue weighted by atomic mass is 15.3. The van der Waals surface area contributed by atoms with Crippen LogP contribution in [0.2, 0.25) is 0 Å². The lowest BCUT2D eigenvalue weighted by molar-refractivity contribution is 0.485. The number of rotatable bonds is 1. The molecular formula is C14H20N4. The zero-order chi connectivity index (χ0) is 12.7. The van der Waals surface area contributed by atoms with Gasteiger partial charge in [-0.05, 0) is 32.0 Å². The highest BCUT2D eigenvalue weighted by Crippen LogP contribution is 2.24. The number of nitrogens with zero attached hydrogens (tertiary/aromatic N) is 3. The normalized spacial score (nSPS) is 20.6. The first-order chi connectivity index (χ1) is 8.65. The third-order valence-corrected chi connectivity index (χ3v) is 3.75. The SMILES string of the molecule is Cc1nn(C)c2ccc(N3CCN[C@H](C)C3)cc12. The lowest BCUT2D eigenvalue weighted by Gasteiger charge is -2.33. The van der Waals surface area contributed by atoms with Gasteiger partial charge < -0.3 is 10.2 Å². The van der Waals surface area contributed by atoms with Crippen molar-refractivity contribution in [2.24, 2.45) is 7.05 Å². The van der Waals surface area contributed by atoms with Gasteiger partial charge in [0.15, 0.2) is 0 Å². The Labute approximate surface area is 108 Å². The van der Waals surface area contributed by atoms with Gasteiger partial charge in [0.2, 0.25) is 0 Å². The fourth-order valence-electron chi connectivity index (χ4n) is 2.79. The Kier molecular flexibility index (Phi) is 2.74. The van der Waals surface area contributed by atoms with Gasteiger partial charge in [0.1, 0.15) is 0 Å². The molecule has 0 bridgehead atoms. The van der Waals surface area contributed by atoms with Crippen molar-refractivity contribution in [3.05, 3.63) is 23.9 Å². The predicted molar refractivity (Wildman–Crippen MR) is 75.1 cm³/mol. The molecule has 1 aliphatic heterocycles. The monoisotopic (exact) mass is 244 g/mol. The summed E-state index contributed by atoms with van der Waals surface area (Å²) in [6.45, 7) is 7.53. The summed E-state index contributed by atoms with van der Waals surface area (Å²) < 4.78 is 1.95. The van der Waals surface area contributed by atoms with Crippen LogP contribution in [-0.4, -0.2) is 35.5 Å². The van der Waals surface area contributed by atoms with Crippen LogP contribution in [0.3, 0.4) is 0 Å². The van der Waals surface area contributed by atoms with E-state index in [1.54, 1.807) is 0 Å². The topological polar surface area (TPSA) is 33.1 Å². The largest absolute Gasteiger partial charge is 0.369 e. The minimum atomic E-state index is 0.560. The molecule has 0 spiro atoms. The van der Waals surface area contributed by atoms with Crippen molar-refractivity contribution in [2.45, 2.75) is 19.9 Å². The molecule has 4 heteroatoms. The van der Waals surface area contributed by atoms with Gasteiger partial charge in [-0.1, -0.05) is 0 Å². The van der Waals surface area contributed by atoms with E-state index in [4.69, 9.17) is 0 Å². The second kappa shape index (κ2) is 4.28. The van der Waals surface area contributed by atoms with E-state index in [1.165, 1.54) is 16.6 Å². The van der Waals surface area contributed by atoms with Crippen LogP contribution in [0.4, 0.5) is 5.69 Å². The summed E-state index contributed by atoms with van der Waals surface area (Å²) in [5.41, 5.74) is 3.63. The molecule has 1 saturated heterocycles. The zero-order valence-electron chi connectivity index (χ0n) is 11.3. The van der Waals surface area contributed by atoms with Gasteiger partial charge in [-0.3, -0.25) is 4.68 Å². The standard InChI is InChI=1S/C14H20N4/c1-10-9-18(7-6-15-10)12-4-5-14-13(8-12)11(2)16-17(14)3/h4-5,8,10,15H,6-7,9H2,1-3H3/t10-/m1/s1. The quantitative estimate of drug-likeness (QED) is 0.828. The Morgan fingerprint density at radius 1 is 1.39 bits per heavy atom. The maximum Gasteiger partial charge on any atom is 0.0683 e. The number of anilines is 1. The average Bonchev–Trinajstić information content (AvgIpc) is 2.65. The van der Waals surface area contributed by atoms with Gasteiger partial charge in [0, 0.05) is 43.8 Å². The molecule has 1 aliphatic rings. The van der Waals surface area contributed by atoms with Crippen molar-refractivity contribution in [2.75, 3.05) is 24.5 Å². The molecule has 1 aromatic carbocycles. The lowest BCUT2D eigenvalue weighted by Crippen LogP contribution is -2.49. The Morgan fingerprint density at radius 2 is 2.22 bits per heavy atom. The van der Waals surface area contributed by atoms with Crippen LogP contribution in [0.5, 0.6) is 0 Å². The predicted octanol–water partition coefficient (Wildman–Crippen LogP) is 1.68. The smallest absolute Gasteiger partial charge is 0.0683 e. The average molecular weight is 244 g/mol. The van der Waals surface area contributed by atoms with Crippen LogP contribution in [0.1, 0.15) is 12.6 Å². The number of hydrogen-bond donors (Lipinski definition) is 1. The van der Waals surface area contributed by atoms with Crippen LogP contribution in [0.15, 0.2) is 18.2 Å². The van der Waals surface area contributed by atoms with Crippen LogP contribution < -0.4 is 10.2 Å². The van der Waals surface area contributed by atoms with Crippen molar-refractivity contribution in [3.63, 3.8) is 0 Å². The van der Waals surface area contributed by atoms with Crippen LogP contribution >= 0.6 is 0 Å². The fourth-order valence-corrected chi connectivity index (χ4v) is 2.79. The second-order valence-electron chi connectivity index (χ2n) is 5.21. The number of piperazine rings is 1. The summed E-state index contributed by atoms with van der Waals surface area (Å²) in [4.78, 5) is 2.45. The van der Waals surface area contributed by atoms with E-state index < -0.39 is 0 Å². The van der Waals surface area contributed by atoms with Crippen LogP contribution in [0, 0.1) is 6.92 Å². The highest BCUT2D eigenvalue weighted by Gasteiger charge is 2.16. The number of aryl methyl sites for hydroxylation is 2. The van der Waals surface area contributed by atoms with Gasteiger partial charge >= 0.3 is 0 Å². The summed E-state index contributed by atoms with van der Waals surface area (Å²) in [5, 5.41) is 9.22. The second-order valence-corrected chi connectivity index (χ2v) is 5.21. The van der Waals surface area contributed by atoms with Gasteiger partial charge in [-0.15, -0.1) is 0 Å². The van der Waals surface area contributed by atoms with E-state index in [9.17, 15) is 0 Å².